The molecule has 5 N–H and O–H groups in total. The van der Waals surface area contributed by atoms with Crippen LogP contribution >= 0.6 is 0 Å². The Bertz CT molecular complexity index is 429. The van der Waals surface area contributed by atoms with Gasteiger partial charge in [0.25, 0.3) is 0 Å². The van der Waals surface area contributed by atoms with Gasteiger partial charge in [0.2, 0.25) is 11.6 Å². The second kappa shape index (κ2) is 4.00. The Morgan fingerprint density at radius 1 is 1.00 bits per heavy atom. The van der Waals surface area contributed by atoms with E-state index in [1.807, 2.05) is 0 Å². The maximum atomic E-state index is 11.5. The number of nitrogens with zero attached hydrogens (tertiary/aromatic N) is 1. The van der Waals surface area contributed by atoms with E-state index in [1.165, 1.54) is 0 Å². The van der Waals surface area contributed by atoms with Crippen LogP contribution in [0.1, 0.15) is 21.1 Å². The maximum Gasteiger partial charge on any atom is 0.229 e. The second-order valence-corrected chi connectivity index (χ2v) is 3.66. The largest absolute Gasteiger partial charge is 0.387 e. The number of rotatable bonds is 0. The molecule has 0 spiro atoms. The van der Waals surface area contributed by atoms with Crippen molar-refractivity contribution in [1.29, 1.82) is 0 Å². The van der Waals surface area contributed by atoms with Gasteiger partial charge in [-0.1, -0.05) is 0 Å². The number of imidazole rings is 1. The van der Waals surface area contributed by atoms with E-state index in [1.54, 1.807) is 0 Å². The van der Waals surface area contributed by atoms with Gasteiger partial charge in [-0.2, -0.15) is 0 Å². The van der Waals surface area contributed by atoms with Crippen molar-refractivity contribution in [3.63, 3.8) is 0 Å². The number of aliphatic hydroxyl groups is 4. The number of fused-ring (bicyclic) bond motifs is 2. The van der Waals surface area contributed by atoms with Crippen molar-refractivity contribution in [2.24, 2.45) is 0 Å². The molecule has 1 aromatic heterocycles. The average Bonchev–Trinajstić information content (AvgIpc) is 2.81. The normalized spacial score (nSPS) is 34.1. The minimum Gasteiger partial charge on any atom is -0.387 e. The van der Waals surface area contributed by atoms with Crippen molar-refractivity contribution in [2.75, 3.05) is 0 Å². The van der Waals surface area contributed by atoms with E-state index < -0.39 is 36.0 Å². The van der Waals surface area contributed by atoms with Gasteiger partial charge >= 0.3 is 0 Å². The number of carbonyl (C=O) groups is 2. The molecule has 0 aromatic carbocycles. The molecule has 0 saturated carbocycles. The summed E-state index contributed by atoms with van der Waals surface area (Å²) in [6, 6.07) is 0. The number of nitrogens with one attached hydrogen (secondary N) is 1. The molecule has 1 aliphatic rings. The summed E-state index contributed by atoms with van der Waals surface area (Å²) in [5.74, 6) is -2.37. The summed E-state index contributed by atoms with van der Waals surface area (Å²) >= 11 is 0. The minimum absolute atomic E-state index is 0.374. The number of aromatic amines is 1. The first kappa shape index (κ1) is 11.9. The van der Waals surface area contributed by atoms with E-state index >= 15 is 0 Å². The van der Waals surface area contributed by atoms with E-state index in [0.717, 1.165) is 0 Å². The van der Waals surface area contributed by atoms with E-state index in [-0.39, 0.29) is 11.5 Å². The third-order valence-corrected chi connectivity index (χ3v) is 2.52. The van der Waals surface area contributed by atoms with Crippen LogP contribution in [0.4, 0.5) is 0 Å². The van der Waals surface area contributed by atoms with Gasteiger partial charge in [-0.05, 0) is 0 Å². The van der Waals surface area contributed by atoms with E-state index in [2.05, 4.69) is 16.2 Å². The monoisotopic (exact) mass is 241 g/mol. The topological polar surface area (TPSA) is 144 Å². The van der Waals surface area contributed by atoms with E-state index in [4.69, 9.17) is 0 Å². The first-order chi connectivity index (χ1) is 7.93. The lowest BCUT2D eigenvalue weighted by Gasteiger charge is -2.23. The number of aliphatic hydroxyl groups excluding tert-OH is 4. The van der Waals surface area contributed by atoms with Crippen molar-refractivity contribution >= 4 is 11.6 Å². The van der Waals surface area contributed by atoms with Crippen LogP contribution in [0.5, 0.6) is 0 Å². The van der Waals surface area contributed by atoms with Crippen molar-refractivity contribution in [2.45, 2.75) is 24.4 Å². The van der Waals surface area contributed by atoms with Crippen molar-refractivity contribution in [3.05, 3.63) is 17.7 Å². The number of H-pyrrole nitrogens is 1. The van der Waals surface area contributed by atoms with Gasteiger partial charge in [-0.25, -0.2) is 4.98 Å². The first-order valence-electron chi connectivity index (χ1n) is 4.72. The van der Waals surface area contributed by atoms with Crippen LogP contribution in [0.2, 0.25) is 0 Å². The van der Waals surface area contributed by atoms with Crippen molar-refractivity contribution in [1.82, 2.24) is 9.97 Å². The average molecular weight is 241 g/mol. The molecule has 1 radical (unpaired) electrons. The van der Waals surface area contributed by atoms with Gasteiger partial charge in [0.05, 0.1) is 6.20 Å². The number of ketones is 2. The molecule has 2 bridgehead atoms. The Morgan fingerprint density at radius 3 is 2.12 bits per heavy atom. The summed E-state index contributed by atoms with van der Waals surface area (Å²) in [6.07, 6.45) is -5.72. The highest BCUT2D eigenvalue weighted by atomic mass is 16.4. The van der Waals surface area contributed by atoms with Gasteiger partial charge in [-0.15, -0.1) is 0 Å². The quantitative estimate of drug-likeness (QED) is 0.326. The van der Waals surface area contributed by atoms with Crippen molar-refractivity contribution in [3.8, 4) is 0 Å². The molecule has 0 fully saturated rings. The summed E-state index contributed by atoms with van der Waals surface area (Å²) < 4.78 is 0. The molecule has 91 valence electrons. The highest BCUT2D eigenvalue weighted by Crippen LogP contribution is 2.15. The van der Waals surface area contributed by atoms with Crippen molar-refractivity contribution < 1.29 is 30.0 Å². The standard InChI is InChI=1S/C9H9N2O6/c12-3-2-1-10-9(11-2)8(17)7(16)6(15)5(14)4(3)13/h4-7,13-16H,(H,10,11). The molecule has 1 aliphatic heterocycles. The molecular weight excluding hydrogens is 232 g/mol. The number of hydrogen-bond acceptors (Lipinski definition) is 7. The molecular formula is C9H9N2O6. The van der Waals surface area contributed by atoms with Gasteiger partial charge in [0, 0.05) is 0 Å². The fourth-order valence-corrected chi connectivity index (χ4v) is 1.48. The van der Waals surface area contributed by atoms with E-state index in [9.17, 15) is 30.0 Å². The molecule has 0 saturated heterocycles. The van der Waals surface area contributed by atoms with Crippen LogP contribution in [-0.4, -0.2) is 66.4 Å². The van der Waals surface area contributed by atoms with Crippen LogP contribution in [0.25, 0.3) is 0 Å². The van der Waals surface area contributed by atoms with Crippen LogP contribution in [0, 0.1) is 6.20 Å². The molecule has 0 aliphatic carbocycles. The molecule has 1 aromatic rings. The minimum atomic E-state index is -1.99. The third kappa shape index (κ3) is 1.76. The molecule has 8 nitrogen and oxygen atoms in total. The Labute approximate surface area is 94.5 Å². The number of carbonyl (C=O) groups excluding carboxylic acids is 2. The fourth-order valence-electron chi connectivity index (χ4n) is 1.48. The first-order valence-corrected chi connectivity index (χ1v) is 4.72. The lowest BCUT2D eigenvalue weighted by atomic mass is 9.97. The van der Waals surface area contributed by atoms with E-state index in [0.29, 0.717) is 0 Å². The lowest BCUT2D eigenvalue weighted by Crippen LogP contribution is -2.49. The molecule has 2 rings (SSSR count). The van der Waals surface area contributed by atoms with Gasteiger partial charge in [-0.3, -0.25) is 9.59 Å². The van der Waals surface area contributed by atoms with Crippen LogP contribution in [-0.2, 0) is 0 Å². The Hall–Kier alpha value is -1.61. The predicted molar refractivity (Wildman–Crippen MR) is 50.1 cm³/mol. The summed E-state index contributed by atoms with van der Waals surface area (Å²) in [7, 11) is 0. The zero-order valence-electron chi connectivity index (χ0n) is 8.36. The highest BCUT2D eigenvalue weighted by Gasteiger charge is 2.41. The lowest BCUT2D eigenvalue weighted by molar-refractivity contribution is -0.0841. The second-order valence-electron chi connectivity index (χ2n) is 3.66. The molecule has 4 unspecified atom stereocenters. The molecule has 2 heterocycles. The Balaban J connectivity index is 2.50. The summed E-state index contributed by atoms with van der Waals surface area (Å²) in [5.41, 5.74) is -0.374. The smallest absolute Gasteiger partial charge is 0.229 e. The molecule has 17 heavy (non-hydrogen) atoms. The number of Topliss-reactive ketones (excluding diaryl/α,β-unsaturated/α-hetero) is 2. The summed E-state index contributed by atoms with van der Waals surface area (Å²) in [6.45, 7) is 0. The maximum absolute atomic E-state index is 11.5. The molecule has 0 amide bonds. The zero-order chi connectivity index (χ0) is 12.7. The number of aromatic nitrogens is 2. The highest BCUT2D eigenvalue weighted by molar-refractivity contribution is 6.02. The van der Waals surface area contributed by atoms with Gasteiger partial charge < -0.3 is 25.4 Å². The van der Waals surface area contributed by atoms with Gasteiger partial charge in [0.1, 0.15) is 30.1 Å². The molecule has 8 heteroatoms. The van der Waals surface area contributed by atoms with Crippen LogP contribution in [0.15, 0.2) is 0 Å². The molecule has 4 atom stereocenters. The summed E-state index contributed by atoms with van der Waals surface area (Å²) in [5, 5.41) is 37.7. The Kier molecular flexibility index (Phi) is 2.79. The fraction of sp³-hybridized carbons (Fsp3) is 0.444. The predicted octanol–water partition coefficient (Wildman–Crippen LogP) is -2.97. The Morgan fingerprint density at radius 2 is 1.53 bits per heavy atom. The zero-order valence-corrected chi connectivity index (χ0v) is 8.36. The van der Waals surface area contributed by atoms with Crippen LogP contribution < -0.4 is 0 Å². The summed E-state index contributed by atoms with van der Waals surface area (Å²) in [4.78, 5) is 28.8. The van der Waals surface area contributed by atoms with Crippen LogP contribution in [0.3, 0.4) is 0 Å². The third-order valence-electron chi connectivity index (χ3n) is 2.52. The van der Waals surface area contributed by atoms with Gasteiger partial charge in [0.15, 0.2) is 5.82 Å². The SMILES string of the molecule is O=C1c2[c][nH]c(n2)C(=O)C(O)C(O)C(O)C1O. The number of hydrogen-bond donors (Lipinski definition) is 5.